The summed E-state index contributed by atoms with van der Waals surface area (Å²) in [5, 5.41) is 10.2. The number of aromatic nitrogens is 1. The first kappa shape index (κ1) is 21.7. The lowest BCUT2D eigenvalue weighted by Crippen LogP contribution is -2.59. The topological polar surface area (TPSA) is 70.0 Å². The lowest BCUT2D eigenvalue weighted by Gasteiger charge is -2.49. The van der Waals surface area contributed by atoms with Gasteiger partial charge in [-0.05, 0) is 27.6 Å². The van der Waals surface area contributed by atoms with E-state index in [4.69, 9.17) is 18.9 Å². The molecule has 0 spiro atoms. The van der Waals surface area contributed by atoms with Gasteiger partial charge in [0.25, 0.3) is 0 Å². The van der Waals surface area contributed by atoms with Gasteiger partial charge >= 0.3 is 0 Å². The van der Waals surface area contributed by atoms with E-state index in [1.54, 1.807) is 6.20 Å². The van der Waals surface area contributed by atoms with E-state index in [1.165, 1.54) is 0 Å². The second kappa shape index (κ2) is 9.79. The molecule has 2 aromatic carbocycles. The molecule has 1 aromatic heterocycles. The lowest BCUT2D eigenvalue weighted by atomic mass is 9.94. The molecular weight excluding hydrogens is 474 g/mol. The van der Waals surface area contributed by atoms with E-state index in [2.05, 4.69) is 20.9 Å². The summed E-state index contributed by atoms with van der Waals surface area (Å²) in [7, 11) is 0. The van der Waals surface area contributed by atoms with Crippen LogP contribution in [0.2, 0.25) is 0 Å². The van der Waals surface area contributed by atoms with Crippen LogP contribution < -0.4 is 0 Å². The van der Waals surface area contributed by atoms with Crippen LogP contribution in [0.1, 0.15) is 29.3 Å². The number of hydrogen-bond donors (Lipinski definition) is 1. The van der Waals surface area contributed by atoms with Crippen molar-refractivity contribution in [1.82, 2.24) is 4.98 Å². The molecule has 2 aliphatic rings. The van der Waals surface area contributed by atoms with Gasteiger partial charge in [-0.25, -0.2) is 4.98 Å². The quantitative estimate of drug-likeness (QED) is 0.528. The number of halogens is 1. The van der Waals surface area contributed by atoms with Crippen LogP contribution in [0.4, 0.5) is 0 Å². The first-order chi connectivity index (χ1) is 15.7. The fourth-order valence-electron chi connectivity index (χ4n) is 4.21. The highest BCUT2D eigenvalue weighted by atomic mass is 79.9. The summed E-state index contributed by atoms with van der Waals surface area (Å²) in [5.74, 6) is 0. The summed E-state index contributed by atoms with van der Waals surface area (Å²) < 4.78 is 26.0. The van der Waals surface area contributed by atoms with Crippen LogP contribution in [0.3, 0.4) is 0 Å². The molecule has 2 fully saturated rings. The second-order valence-electron chi connectivity index (χ2n) is 7.88. The van der Waals surface area contributed by atoms with Crippen molar-refractivity contribution in [2.75, 3.05) is 6.61 Å². The molecule has 1 N–H and O–H groups in total. The van der Waals surface area contributed by atoms with Crippen molar-refractivity contribution in [3.8, 4) is 0 Å². The molecule has 0 radical (unpaired) electrons. The Morgan fingerprint density at radius 2 is 1.28 bits per heavy atom. The summed E-state index contributed by atoms with van der Waals surface area (Å²) in [4.78, 5) is 4.34. The average molecular weight is 498 g/mol. The summed E-state index contributed by atoms with van der Waals surface area (Å²) >= 11 is 3.54. The SMILES string of the molecule is OC[C@H]1OC(c2ccccc2)O[C@@H]2[C@@H]1OC(c1ccccc1)O[C@@H]2Cc1cccnc1Br. The minimum atomic E-state index is -0.616. The van der Waals surface area contributed by atoms with Crippen LogP contribution in [0, 0.1) is 0 Å². The van der Waals surface area contributed by atoms with E-state index in [0.717, 1.165) is 21.3 Å². The van der Waals surface area contributed by atoms with Crippen molar-refractivity contribution in [3.05, 3.63) is 100 Å². The number of hydrogen-bond acceptors (Lipinski definition) is 6. The van der Waals surface area contributed by atoms with Crippen molar-refractivity contribution in [2.45, 2.75) is 43.4 Å². The van der Waals surface area contributed by atoms with Gasteiger partial charge in [-0.3, -0.25) is 0 Å². The molecule has 2 saturated heterocycles. The summed E-state index contributed by atoms with van der Waals surface area (Å²) in [6.45, 7) is -0.182. The van der Waals surface area contributed by atoms with Gasteiger partial charge in [0.1, 0.15) is 22.9 Å². The molecule has 2 unspecified atom stereocenters. The van der Waals surface area contributed by atoms with E-state index in [1.807, 2.05) is 72.8 Å². The molecule has 0 bridgehead atoms. The molecule has 166 valence electrons. The zero-order valence-electron chi connectivity index (χ0n) is 17.3. The molecule has 6 nitrogen and oxygen atoms in total. The number of aliphatic hydroxyl groups is 1. The molecule has 32 heavy (non-hydrogen) atoms. The summed E-state index contributed by atoms with van der Waals surface area (Å²) in [6, 6.07) is 23.4. The Hall–Kier alpha value is -2.13. The lowest BCUT2D eigenvalue weighted by molar-refractivity contribution is -0.384. The van der Waals surface area contributed by atoms with E-state index >= 15 is 0 Å². The maximum Gasteiger partial charge on any atom is 0.184 e. The van der Waals surface area contributed by atoms with Gasteiger partial charge in [0.15, 0.2) is 12.6 Å². The molecule has 3 heterocycles. The van der Waals surface area contributed by atoms with E-state index in [0.29, 0.717) is 6.42 Å². The third kappa shape index (κ3) is 4.50. The third-order valence-corrected chi connectivity index (χ3v) is 6.51. The highest BCUT2D eigenvalue weighted by Crippen LogP contribution is 2.41. The van der Waals surface area contributed by atoms with Crippen molar-refractivity contribution in [3.63, 3.8) is 0 Å². The zero-order valence-corrected chi connectivity index (χ0v) is 18.9. The number of ether oxygens (including phenoxy) is 4. The maximum absolute atomic E-state index is 10.2. The first-order valence-electron chi connectivity index (χ1n) is 10.6. The van der Waals surface area contributed by atoms with Crippen LogP contribution >= 0.6 is 15.9 Å². The van der Waals surface area contributed by atoms with E-state index in [9.17, 15) is 5.11 Å². The Morgan fingerprint density at radius 3 is 1.84 bits per heavy atom. The van der Waals surface area contributed by atoms with Crippen LogP contribution in [-0.2, 0) is 25.4 Å². The fraction of sp³-hybridized carbons (Fsp3) is 0.320. The van der Waals surface area contributed by atoms with Gasteiger partial charge < -0.3 is 24.1 Å². The van der Waals surface area contributed by atoms with Gasteiger partial charge in [0.05, 0.1) is 12.7 Å². The normalized spacial score (nSPS) is 29.9. The van der Waals surface area contributed by atoms with Gasteiger partial charge in [-0.2, -0.15) is 0 Å². The smallest absolute Gasteiger partial charge is 0.184 e. The van der Waals surface area contributed by atoms with Crippen molar-refractivity contribution in [1.29, 1.82) is 0 Å². The largest absolute Gasteiger partial charge is 0.394 e. The molecule has 0 saturated carbocycles. The average Bonchev–Trinajstić information content (AvgIpc) is 2.86. The Labute approximate surface area is 195 Å². The maximum atomic E-state index is 10.2. The van der Waals surface area contributed by atoms with E-state index in [-0.39, 0.29) is 12.7 Å². The number of aliphatic hydroxyl groups excluding tert-OH is 1. The monoisotopic (exact) mass is 497 g/mol. The Morgan fingerprint density at radius 1 is 0.719 bits per heavy atom. The Bertz CT molecular complexity index is 1020. The molecule has 2 aliphatic heterocycles. The number of pyridine rings is 1. The minimum Gasteiger partial charge on any atom is -0.394 e. The molecule has 0 aliphatic carbocycles. The van der Waals surface area contributed by atoms with Crippen molar-refractivity contribution < 1.29 is 24.1 Å². The number of benzene rings is 2. The highest BCUT2D eigenvalue weighted by molar-refractivity contribution is 9.10. The van der Waals surface area contributed by atoms with Gasteiger partial charge in [0.2, 0.25) is 0 Å². The number of rotatable bonds is 5. The predicted molar refractivity (Wildman–Crippen MR) is 121 cm³/mol. The molecule has 3 aromatic rings. The fourth-order valence-corrected chi connectivity index (χ4v) is 4.62. The Kier molecular flexibility index (Phi) is 6.64. The molecule has 6 atom stereocenters. The zero-order chi connectivity index (χ0) is 21.9. The number of fused-ring (bicyclic) bond motifs is 1. The first-order valence-corrected chi connectivity index (χ1v) is 11.4. The molecule has 7 heteroatoms. The van der Waals surface area contributed by atoms with Crippen LogP contribution in [0.25, 0.3) is 0 Å². The molecule has 0 amide bonds. The van der Waals surface area contributed by atoms with Crippen molar-refractivity contribution in [2.24, 2.45) is 0 Å². The van der Waals surface area contributed by atoms with Crippen LogP contribution in [0.15, 0.2) is 83.6 Å². The molecular formula is C25H24BrNO5. The molecule has 5 rings (SSSR count). The van der Waals surface area contributed by atoms with Crippen LogP contribution in [-0.4, -0.2) is 41.1 Å². The third-order valence-electron chi connectivity index (χ3n) is 5.80. The van der Waals surface area contributed by atoms with Gasteiger partial charge in [-0.15, -0.1) is 0 Å². The van der Waals surface area contributed by atoms with E-state index < -0.39 is 30.9 Å². The Balaban J connectivity index is 1.48. The predicted octanol–water partition coefficient (Wildman–Crippen LogP) is 4.34. The second-order valence-corrected chi connectivity index (χ2v) is 8.63. The number of nitrogens with zero attached hydrogens (tertiary/aromatic N) is 1. The van der Waals surface area contributed by atoms with Crippen LogP contribution in [0.5, 0.6) is 0 Å². The minimum absolute atomic E-state index is 0.182. The summed E-state index contributed by atoms with van der Waals surface area (Å²) in [5.41, 5.74) is 2.80. The summed E-state index contributed by atoms with van der Waals surface area (Å²) in [6.07, 6.45) is -0.689. The van der Waals surface area contributed by atoms with Gasteiger partial charge in [0, 0.05) is 23.7 Å². The highest BCUT2D eigenvalue weighted by Gasteiger charge is 2.50. The standard InChI is InChI=1S/C25H24BrNO5/c26-23-18(12-7-13-27-23)14-19-21-22(32-24(29-19)16-8-3-1-4-9-16)20(15-28)30-25(31-21)17-10-5-2-6-11-17/h1-13,19-22,24-25,28H,14-15H2/t19-,20-,21+,22-,24?,25?/m1/s1. The van der Waals surface area contributed by atoms with Gasteiger partial charge in [-0.1, -0.05) is 66.7 Å². The van der Waals surface area contributed by atoms with Crippen molar-refractivity contribution >= 4 is 15.9 Å².